The van der Waals surface area contributed by atoms with Crippen LogP contribution in [-0.2, 0) is 9.47 Å². The number of halogens is 1. The lowest BCUT2D eigenvalue weighted by Crippen LogP contribution is -2.39. The smallest absolute Gasteiger partial charge is 0.191 e. The van der Waals surface area contributed by atoms with E-state index in [1.165, 1.54) is 5.56 Å². The van der Waals surface area contributed by atoms with E-state index in [9.17, 15) is 0 Å². The van der Waals surface area contributed by atoms with E-state index in [-0.39, 0.29) is 36.2 Å². The first-order chi connectivity index (χ1) is 12.7. The molecule has 1 heterocycles. The average molecular weight is 491 g/mol. The second kappa shape index (κ2) is 14.0. The Morgan fingerprint density at radius 2 is 2.22 bits per heavy atom. The predicted molar refractivity (Wildman–Crippen MR) is 120 cm³/mol. The molecule has 1 aliphatic heterocycles. The fraction of sp³-hybridized carbons (Fsp3) is 0.650. The van der Waals surface area contributed by atoms with Crippen molar-refractivity contribution in [2.24, 2.45) is 4.99 Å². The largest absolute Gasteiger partial charge is 0.489 e. The number of nitrogens with zero attached hydrogens (tertiary/aromatic N) is 1. The van der Waals surface area contributed by atoms with Crippen molar-refractivity contribution in [1.29, 1.82) is 0 Å². The molecule has 2 N–H and O–H groups in total. The van der Waals surface area contributed by atoms with Crippen LogP contribution in [0.5, 0.6) is 5.75 Å². The number of aryl methyl sites for hydroxylation is 1. The minimum atomic E-state index is 0. The molecule has 1 aliphatic rings. The Balaban J connectivity index is 0.00000364. The quantitative estimate of drug-likeness (QED) is 0.228. The molecule has 6 nitrogen and oxygen atoms in total. The maximum atomic E-state index is 5.92. The summed E-state index contributed by atoms with van der Waals surface area (Å²) in [5.74, 6) is 1.67. The number of hydrogen-bond acceptors (Lipinski definition) is 4. The summed E-state index contributed by atoms with van der Waals surface area (Å²) in [4.78, 5) is 4.60. The van der Waals surface area contributed by atoms with Crippen LogP contribution in [0.2, 0.25) is 0 Å². The molecule has 2 unspecified atom stereocenters. The highest BCUT2D eigenvalue weighted by Gasteiger charge is 2.15. The number of rotatable bonds is 10. The summed E-state index contributed by atoms with van der Waals surface area (Å²) in [6.07, 6.45) is 2.53. The molecule has 1 saturated heterocycles. The molecule has 0 saturated carbocycles. The van der Waals surface area contributed by atoms with Gasteiger partial charge in [-0.1, -0.05) is 12.1 Å². The Morgan fingerprint density at radius 3 is 2.93 bits per heavy atom. The van der Waals surface area contributed by atoms with Crippen molar-refractivity contribution in [2.45, 2.75) is 45.8 Å². The molecular weight excluding hydrogens is 457 g/mol. The number of hydrogen-bond donors (Lipinski definition) is 2. The first kappa shape index (κ1) is 24.0. The number of ether oxygens (including phenoxy) is 3. The molecule has 154 valence electrons. The van der Waals surface area contributed by atoms with Gasteiger partial charge in [-0.25, -0.2) is 4.99 Å². The van der Waals surface area contributed by atoms with Gasteiger partial charge in [0.05, 0.1) is 25.9 Å². The third-order valence-electron chi connectivity index (χ3n) is 4.04. The molecule has 1 fully saturated rings. The number of benzene rings is 1. The maximum absolute atomic E-state index is 5.92. The summed E-state index contributed by atoms with van der Waals surface area (Å²) in [7, 11) is 0. The van der Waals surface area contributed by atoms with Crippen molar-refractivity contribution in [3.63, 3.8) is 0 Å². The highest BCUT2D eigenvalue weighted by Crippen LogP contribution is 2.14. The zero-order chi connectivity index (χ0) is 18.6. The molecule has 27 heavy (non-hydrogen) atoms. The van der Waals surface area contributed by atoms with E-state index in [1.54, 1.807) is 0 Å². The number of nitrogens with one attached hydrogen (secondary N) is 2. The lowest BCUT2D eigenvalue weighted by molar-refractivity contribution is 0.0191. The molecule has 7 heteroatoms. The third-order valence-corrected chi connectivity index (χ3v) is 4.04. The monoisotopic (exact) mass is 491 g/mol. The minimum Gasteiger partial charge on any atom is -0.489 e. The maximum Gasteiger partial charge on any atom is 0.191 e. The summed E-state index contributed by atoms with van der Waals surface area (Å²) in [6, 6.07) is 8.07. The topological polar surface area (TPSA) is 64.1 Å². The fourth-order valence-corrected chi connectivity index (χ4v) is 2.75. The van der Waals surface area contributed by atoms with Crippen LogP contribution in [-0.4, -0.2) is 57.6 Å². The van der Waals surface area contributed by atoms with Gasteiger partial charge >= 0.3 is 0 Å². The van der Waals surface area contributed by atoms with Crippen LogP contribution in [0, 0.1) is 6.92 Å². The molecule has 0 aliphatic carbocycles. The van der Waals surface area contributed by atoms with Crippen molar-refractivity contribution < 1.29 is 14.2 Å². The highest BCUT2D eigenvalue weighted by atomic mass is 127. The fourth-order valence-electron chi connectivity index (χ4n) is 2.75. The highest BCUT2D eigenvalue weighted by molar-refractivity contribution is 14.0. The second-order valence-electron chi connectivity index (χ2n) is 6.60. The average Bonchev–Trinajstić information content (AvgIpc) is 3.12. The Kier molecular flexibility index (Phi) is 12.4. The van der Waals surface area contributed by atoms with Crippen LogP contribution in [0.15, 0.2) is 29.3 Å². The molecule has 2 atom stereocenters. The predicted octanol–water partition coefficient (Wildman–Crippen LogP) is 3.13. The summed E-state index contributed by atoms with van der Waals surface area (Å²) >= 11 is 0. The van der Waals surface area contributed by atoms with Crippen molar-refractivity contribution in [3.8, 4) is 5.75 Å². The van der Waals surface area contributed by atoms with Crippen LogP contribution in [0.3, 0.4) is 0 Å². The SMILES string of the molecule is CCNC(=NCC(C)Oc1cccc(C)c1)NCCOCC1CCCO1.I. The van der Waals surface area contributed by atoms with Crippen LogP contribution < -0.4 is 15.4 Å². The molecule has 0 spiro atoms. The van der Waals surface area contributed by atoms with Crippen LogP contribution in [0.4, 0.5) is 0 Å². The zero-order valence-electron chi connectivity index (χ0n) is 16.7. The van der Waals surface area contributed by atoms with Crippen LogP contribution in [0.1, 0.15) is 32.3 Å². The van der Waals surface area contributed by atoms with Crippen molar-refractivity contribution in [2.75, 3.05) is 39.5 Å². The summed E-state index contributed by atoms with van der Waals surface area (Å²) < 4.78 is 17.1. The molecule has 0 amide bonds. The van der Waals surface area contributed by atoms with Crippen molar-refractivity contribution in [1.82, 2.24) is 10.6 Å². The van der Waals surface area contributed by atoms with Gasteiger partial charge < -0.3 is 24.8 Å². The minimum absolute atomic E-state index is 0. The van der Waals surface area contributed by atoms with E-state index in [0.717, 1.165) is 37.7 Å². The van der Waals surface area contributed by atoms with E-state index < -0.39 is 0 Å². The van der Waals surface area contributed by atoms with Gasteiger partial charge in [-0.15, -0.1) is 24.0 Å². The van der Waals surface area contributed by atoms with E-state index in [4.69, 9.17) is 14.2 Å². The molecule has 0 aromatic heterocycles. The molecule has 1 aromatic rings. The van der Waals surface area contributed by atoms with E-state index in [2.05, 4.69) is 35.5 Å². The first-order valence-corrected chi connectivity index (χ1v) is 9.62. The molecule has 2 rings (SSSR count). The van der Waals surface area contributed by atoms with Crippen molar-refractivity contribution in [3.05, 3.63) is 29.8 Å². The van der Waals surface area contributed by atoms with Gasteiger partial charge in [0.1, 0.15) is 11.9 Å². The van der Waals surface area contributed by atoms with Gasteiger partial charge in [-0.2, -0.15) is 0 Å². The normalized spacial score (nSPS) is 17.9. The van der Waals surface area contributed by atoms with Gasteiger partial charge in [0.15, 0.2) is 5.96 Å². The van der Waals surface area contributed by atoms with E-state index in [0.29, 0.717) is 26.3 Å². The molecule has 1 aromatic carbocycles. The summed E-state index contributed by atoms with van der Waals surface area (Å²) in [5.41, 5.74) is 1.19. The Bertz CT molecular complexity index is 551. The Hall–Kier alpha value is -1.06. The standard InChI is InChI=1S/C20H33N3O3.HI/c1-4-21-20(22-10-12-24-15-19-9-6-11-25-19)23-14-17(3)26-18-8-5-7-16(2)13-18;/h5,7-8,13,17,19H,4,6,9-12,14-15H2,1-3H3,(H2,21,22,23);1H. The van der Waals surface area contributed by atoms with Crippen LogP contribution >= 0.6 is 24.0 Å². The van der Waals surface area contributed by atoms with Gasteiger partial charge in [0.2, 0.25) is 0 Å². The van der Waals surface area contributed by atoms with E-state index >= 15 is 0 Å². The van der Waals surface area contributed by atoms with Gasteiger partial charge in [-0.05, 0) is 51.3 Å². The molecule has 0 radical (unpaired) electrons. The zero-order valence-corrected chi connectivity index (χ0v) is 19.0. The third kappa shape index (κ3) is 10.2. The lowest BCUT2D eigenvalue weighted by Gasteiger charge is -2.16. The van der Waals surface area contributed by atoms with Gasteiger partial charge in [0, 0.05) is 19.7 Å². The van der Waals surface area contributed by atoms with Gasteiger partial charge in [0.25, 0.3) is 0 Å². The summed E-state index contributed by atoms with van der Waals surface area (Å²) in [5, 5.41) is 6.54. The Morgan fingerprint density at radius 1 is 1.37 bits per heavy atom. The van der Waals surface area contributed by atoms with Crippen LogP contribution in [0.25, 0.3) is 0 Å². The lowest BCUT2D eigenvalue weighted by atomic mass is 10.2. The Labute approximate surface area is 180 Å². The van der Waals surface area contributed by atoms with E-state index in [1.807, 2.05) is 25.1 Å². The van der Waals surface area contributed by atoms with Gasteiger partial charge in [-0.3, -0.25) is 0 Å². The van der Waals surface area contributed by atoms with Crippen molar-refractivity contribution >= 4 is 29.9 Å². The summed E-state index contributed by atoms with van der Waals surface area (Å²) in [6.45, 7) is 10.4. The number of aliphatic imine (C=N–C) groups is 1. The molecule has 0 bridgehead atoms. The first-order valence-electron chi connectivity index (χ1n) is 9.62. The molecular formula is C20H34IN3O3. The second-order valence-corrected chi connectivity index (χ2v) is 6.60. The number of guanidine groups is 1.